The Hall–Kier alpha value is -2.28. The van der Waals surface area contributed by atoms with Crippen LogP contribution in [-0.2, 0) is 57.1 Å². The maximum Gasteiger partial charge on any atom is 0.311 e. The van der Waals surface area contributed by atoms with Crippen molar-refractivity contribution in [2.75, 3.05) is 0 Å². The summed E-state index contributed by atoms with van der Waals surface area (Å²) in [5.41, 5.74) is 0. The quantitative estimate of drug-likeness (QED) is 0.212. The highest BCUT2D eigenvalue weighted by Gasteiger charge is 2.41. The lowest BCUT2D eigenvalue weighted by molar-refractivity contribution is -0.161. The lowest BCUT2D eigenvalue weighted by Crippen LogP contribution is -2.34. The number of carbonyl (C=O) groups is 4. The molecule has 0 aromatic heterocycles. The number of hydrogen-bond donors (Lipinski definition) is 0. The van der Waals surface area contributed by atoms with Gasteiger partial charge in [0.25, 0.3) is 0 Å². The third-order valence-electron chi connectivity index (χ3n) is 11.9. The Morgan fingerprint density at radius 2 is 0.519 bits per heavy atom. The smallest absolute Gasteiger partial charge is 0.311 e. The predicted molar refractivity (Wildman–Crippen MR) is 189 cm³/mol. The third-order valence-corrected chi connectivity index (χ3v) is 11.9. The molecule has 5 aliphatic heterocycles. The first-order valence-corrected chi connectivity index (χ1v) is 20.1. The molecule has 0 saturated carbocycles. The second kappa shape index (κ2) is 18.4. The average Bonchev–Trinajstić information content (AvgIpc) is 3.91. The van der Waals surface area contributed by atoms with Gasteiger partial charge in [-0.2, -0.15) is 0 Å². The Bertz CT molecular complexity index is 1040. The van der Waals surface area contributed by atoms with Crippen molar-refractivity contribution in [3.05, 3.63) is 0 Å². The van der Waals surface area contributed by atoms with Crippen LogP contribution in [0.2, 0.25) is 0 Å². The largest absolute Gasteiger partial charge is 0.462 e. The van der Waals surface area contributed by atoms with E-state index in [1.54, 1.807) is 0 Å². The minimum Gasteiger partial charge on any atom is -0.462 e. The van der Waals surface area contributed by atoms with Crippen molar-refractivity contribution in [3.63, 3.8) is 0 Å². The highest BCUT2D eigenvalue weighted by molar-refractivity contribution is 5.74. The van der Waals surface area contributed by atoms with Crippen molar-refractivity contribution >= 4 is 23.9 Å². The van der Waals surface area contributed by atoms with Gasteiger partial charge in [0.15, 0.2) is 0 Å². The first-order chi connectivity index (χ1) is 24.7. The second-order valence-electron chi connectivity index (χ2n) is 16.6. The topological polar surface area (TPSA) is 142 Å². The molecule has 0 aromatic rings. The van der Waals surface area contributed by atoms with Gasteiger partial charge in [-0.25, -0.2) is 0 Å². The van der Waals surface area contributed by atoms with Gasteiger partial charge < -0.3 is 37.9 Å². The molecule has 5 heterocycles. The maximum atomic E-state index is 13.1. The molecular formula is C40H64O12. The zero-order chi connectivity index (χ0) is 37.7. The van der Waals surface area contributed by atoms with Crippen LogP contribution in [-0.4, -0.2) is 97.1 Å². The van der Waals surface area contributed by atoms with Gasteiger partial charge in [0.1, 0.15) is 24.4 Å². The zero-order valence-corrected chi connectivity index (χ0v) is 32.6. The van der Waals surface area contributed by atoms with Gasteiger partial charge in [0, 0.05) is 25.7 Å². The second-order valence-corrected chi connectivity index (χ2v) is 16.6. The van der Waals surface area contributed by atoms with Gasteiger partial charge in [-0.1, -0.05) is 0 Å². The van der Waals surface area contributed by atoms with E-state index in [4.69, 9.17) is 37.9 Å². The number of ether oxygens (including phenoxy) is 8. The standard InChI is InChI=1S/C40H64O12/c1-21-17-29-9-13-34(49-29)26(6)38(42)46-23(3)19-31-11-15-36(51-31)28(8)40(44)48-24(4)20-32-12-16-35(52-32)27(7)39(43)47-22(2)18-30-10-14-33(50-30)25(5)37(41)45-21/h21-36H,9-20H2,1-8H3/t21-,22+,23+,24-,25-,26-,27-,28?,29+,30-,31-,32+,33+,34-,35-,36+/m1/s1. The van der Waals surface area contributed by atoms with E-state index in [0.29, 0.717) is 25.7 Å². The maximum absolute atomic E-state index is 13.1. The van der Waals surface area contributed by atoms with Crippen molar-refractivity contribution < 1.29 is 57.1 Å². The average molecular weight is 737 g/mol. The number of carbonyl (C=O) groups excluding carboxylic acids is 4. The first-order valence-electron chi connectivity index (χ1n) is 20.1. The van der Waals surface area contributed by atoms with Gasteiger partial charge in [-0.3, -0.25) is 19.2 Å². The number of hydrogen-bond acceptors (Lipinski definition) is 12. The van der Waals surface area contributed by atoms with Crippen LogP contribution in [0, 0.1) is 23.7 Å². The van der Waals surface area contributed by atoms with Crippen LogP contribution in [0.5, 0.6) is 0 Å². The third kappa shape index (κ3) is 10.9. The molecule has 5 fully saturated rings. The predicted octanol–water partition coefficient (Wildman–Crippen LogP) is 6.02. The SMILES string of the molecule is CC1C(=O)O[C@H](C)C[C@@H]2CC[C@@H](O2)[C@@H](C)C(=O)O[C@@H](C)C[C@H]2CC[C@H](O2)[C@@H](C)C(=O)O[C@H](C)C[C@@H]2CC[C@@H](O2)[C@@H](C)C(=O)O[C@@H](C)C[C@H]2CC[C@@H]1O2. The van der Waals surface area contributed by atoms with E-state index in [-0.39, 0.29) is 97.1 Å². The Morgan fingerprint density at radius 3 is 0.712 bits per heavy atom. The molecule has 8 bridgehead atoms. The Balaban J connectivity index is 1.19. The molecule has 0 amide bonds. The van der Waals surface area contributed by atoms with E-state index in [1.165, 1.54) is 0 Å². The summed E-state index contributed by atoms with van der Waals surface area (Å²) in [7, 11) is 0. The molecule has 5 aliphatic rings. The summed E-state index contributed by atoms with van der Waals surface area (Å²) in [5, 5.41) is 0. The molecule has 5 saturated heterocycles. The van der Waals surface area contributed by atoms with E-state index in [2.05, 4.69) is 0 Å². The molecular weight excluding hydrogens is 672 g/mol. The number of esters is 4. The number of cyclic esters (lactones) is 4. The van der Waals surface area contributed by atoms with Gasteiger partial charge in [-0.15, -0.1) is 0 Å². The molecule has 5 rings (SSSR count). The van der Waals surface area contributed by atoms with Gasteiger partial charge in [0.2, 0.25) is 0 Å². The fourth-order valence-electron chi connectivity index (χ4n) is 8.60. The van der Waals surface area contributed by atoms with Gasteiger partial charge in [-0.05, 0) is 107 Å². The lowest BCUT2D eigenvalue weighted by atomic mass is 10.00. The summed E-state index contributed by atoms with van der Waals surface area (Å²) >= 11 is 0. The Labute approximate surface area is 309 Å². The molecule has 12 heteroatoms. The van der Waals surface area contributed by atoms with E-state index < -0.39 is 23.7 Å². The molecule has 0 N–H and O–H groups in total. The summed E-state index contributed by atoms with van der Waals surface area (Å²) in [6.45, 7) is 14.9. The minimum absolute atomic E-state index is 0.119. The van der Waals surface area contributed by atoms with Crippen LogP contribution in [0.3, 0.4) is 0 Å². The van der Waals surface area contributed by atoms with Crippen molar-refractivity contribution in [3.8, 4) is 0 Å². The van der Waals surface area contributed by atoms with E-state index in [9.17, 15) is 19.2 Å². The van der Waals surface area contributed by atoms with E-state index in [1.807, 2.05) is 55.4 Å². The van der Waals surface area contributed by atoms with Crippen LogP contribution in [0.15, 0.2) is 0 Å². The fraction of sp³-hybridized carbons (Fsp3) is 0.900. The molecule has 0 spiro atoms. The molecule has 12 nitrogen and oxygen atoms in total. The number of rotatable bonds is 0. The summed E-state index contributed by atoms with van der Waals surface area (Å²) < 4.78 is 48.4. The van der Waals surface area contributed by atoms with Crippen LogP contribution in [0.1, 0.15) is 132 Å². The normalized spacial score (nSPS) is 45.2. The van der Waals surface area contributed by atoms with Crippen LogP contribution in [0.4, 0.5) is 0 Å². The van der Waals surface area contributed by atoms with Crippen molar-refractivity contribution in [1.82, 2.24) is 0 Å². The van der Waals surface area contributed by atoms with Crippen molar-refractivity contribution in [2.45, 2.75) is 206 Å². The highest BCUT2D eigenvalue weighted by Crippen LogP contribution is 2.34. The molecule has 296 valence electrons. The van der Waals surface area contributed by atoms with Crippen molar-refractivity contribution in [1.29, 1.82) is 0 Å². The van der Waals surface area contributed by atoms with E-state index >= 15 is 0 Å². The first kappa shape index (κ1) is 40.9. The molecule has 1 unspecified atom stereocenters. The summed E-state index contributed by atoms with van der Waals surface area (Å²) in [4.78, 5) is 52.4. The summed E-state index contributed by atoms with van der Waals surface area (Å²) in [5.74, 6) is -2.93. The lowest BCUT2D eigenvalue weighted by Gasteiger charge is -2.26. The fourth-order valence-corrected chi connectivity index (χ4v) is 8.60. The van der Waals surface area contributed by atoms with Crippen LogP contribution < -0.4 is 0 Å². The molecule has 0 aromatic carbocycles. The Morgan fingerprint density at radius 1 is 0.327 bits per heavy atom. The van der Waals surface area contributed by atoms with E-state index in [0.717, 1.165) is 51.4 Å². The van der Waals surface area contributed by atoms with Gasteiger partial charge in [0.05, 0.1) is 72.5 Å². The zero-order valence-electron chi connectivity index (χ0n) is 32.6. The molecule has 52 heavy (non-hydrogen) atoms. The highest BCUT2D eigenvalue weighted by atomic mass is 16.6. The summed E-state index contributed by atoms with van der Waals surface area (Å²) in [6.07, 6.45) is 5.22. The van der Waals surface area contributed by atoms with Crippen LogP contribution in [0.25, 0.3) is 0 Å². The number of fused-ring (bicyclic) bond motifs is 8. The van der Waals surface area contributed by atoms with Crippen molar-refractivity contribution in [2.24, 2.45) is 23.7 Å². The van der Waals surface area contributed by atoms with Gasteiger partial charge >= 0.3 is 23.9 Å². The monoisotopic (exact) mass is 736 g/mol. The molecule has 0 aliphatic carbocycles. The van der Waals surface area contributed by atoms with Crippen LogP contribution >= 0.6 is 0 Å². The molecule has 0 radical (unpaired) electrons. The summed E-state index contributed by atoms with van der Waals surface area (Å²) in [6, 6.07) is 0. The Kier molecular flexibility index (Phi) is 14.4. The minimum atomic E-state index is -0.434. The molecule has 16 atom stereocenters.